The molecule has 0 aliphatic heterocycles. The van der Waals surface area contributed by atoms with Gasteiger partial charge in [0.15, 0.2) is 5.78 Å². The standard InChI is InChI=1S/C9H8ClF2NO/c1-4(14)5-2-3-6(10)8(13)7(5)9(11)12/h2-3,9H,13H2,1H3. The lowest BCUT2D eigenvalue weighted by Crippen LogP contribution is -2.05. The van der Waals surface area contributed by atoms with Gasteiger partial charge in [-0.05, 0) is 19.1 Å². The van der Waals surface area contributed by atoms with Crippen molar-refractivity contribution in [3.05, 3.63) is 28.3 Å². The second-order valence-electron chi connectivity index (χ2n) is 2.78. The number of alkyl halides is 2. The van der Waals surface area contributed by atoms with Crippen LogP contribution in [0.4, 0.5) is 14.5 Å². The van der Waals surface area contributed by atoms with Crippen LogP contribution in [-0.2, 0) is 0 Å². The number of halogens is 3. The van der Waals surface area contributed by atoms with Crippen molar-refractivity contribution in [2.75, 3.05) is 5.73 Å². The van der Waals surface area contributed by atoms with Crippen LogP contribution in [-0.4, -0.2) is 5.78 Å². The van der Waals surface area contributed by atoms with Gasteiger partial charge in [0, 0.05) is 5.56 Å². The van der Waals surface area contributed by atoms with Gasteiger partial charge in [0.2, 0.25) is 0 Å². The molecule has 14 heavy (non-hydrogen) atoms. The van der Waals surface area contributed by atoms with Crippen molar-refractivity contribution in [1.82, 2.24) is 0 Å². The molecule has 0 bridgehead atoms. The number of Topliss-reactive ketones (excluding diaryl/α,β-unsaturated/α-hetero) is 1. The van der Waals surface area contributed by atoms with Crippen molar-refractivity contribution >= 4 is 23.1 Å². The van der Waals surface area contributed by atoms with Crippen LogP contribution in [0.15, 0.2) is 12.1 Å². The van der Waals surface area contributed by atoms with E-state index in [1.165, 1.54) is 19.1 Å². The van der Waals surface area contributed by atoms with Crippen LogP contribution in [0.3, 0.4) is 0 Å². The topological polar surface area (TPSA) is 43.1 Å². The number of carbonyl (C=O) groups is 1. The van der Waals surface area contributed by atoms with E-state index >= 15 is 0 Å². The largest absolute Gasteiger partial charge is 0.397 e. The number of nitrogen functional groups attached to an aromatic ring is 1. The lowest BCUT2D eigenvalue weighted by molar-refractivity contribution is 0.0999. The Labute approximate surface area is 84.7 Å². The highest BCUT2D eigenvalue weighted by molar-refractivity contribution is 6.33. The van der Waals surface area contributed by atoms with Gasteiger partial charge in [-0.3, -0.25) is 4.79 Å². The molecular formula is C9H8ClF2NO. The monoisotopic (exact) mass is 219 g/mol. The predicted molar refractivity (Wildman–Crippen MR) is 50.8 cm³/mol. The summed E-state index contributed by atoms with van der Waals surface area (Å²) in [4.78, 5) is 11.0. The zero-order valence-corrected chi connectivity index (χ0v) is 8.11. The van der Waals surface area contributed by atoms with Crippen LogP contribution in [0.5, 0.6) is 0 Å². The van der Waals surface area contributed by atoms with Gasteiger partial charge in [-0.25, -0.2) is 8.78 Å². The summed E-state index contributed by atoms with van der Waals surface area (Å²) in [7, 11) is 0. The molecule has 5 heteroatoms. The highest BCUT2D eigenvalue weighted by Crippen LogP contribution is 2.33. The maximum atomic E-state index is 12.5. The Hall–Kier alpha value is -1.16. The van der Waals surface area contributed by atoms with Crippen LogP contribution < -0.4 is 5.73 Å². The van der Waals surface area contributed by atoms with Gasteiger partial charge in [-0.15, -0.1) is 0 Å². The molecule has 0 spiro atoms. The van der Waals surface area contributed by atoms with E-state index in [-0.39, 0.29) is 16.3 Å². The predicted octanol–water partition coefficient (Wildman–Crippen LogP) is 3.06. The molecule has 0 fully saturated rings. The molecule has 0 atom stereocenters. The maximum Gasteiger partial charge on any atom is 0.266 e. The molecular weight excluding hydrogens is 212 g/mol. The summed E-state index contributed by atoms with van der Waals surface area (Å²) in [5.74, 6) is -0.455. The van der Waals surface area contributed by atoms with Crippen LogP contribution in [0.25, 0.3) is 0 Å². The molecule has 0 aliphatic carbocycles. The first-order valence-corrected chi connectivity index (χ1v) is 4.20. The summed E-state index contributed by atoms with van der Waals surface area (Å²) in [6, 6.07) is 2.59. The van der Waals surface area contributed by atoms with E-state index in [0.29, 0.717) is 0 Å². The Morgan fingerprint density at radius 1 is 1.50 bits per heavy atom. The summed E-state index contributed by atoms with van der Waals surface area (Å²) < 4.78 is 25.1. The third-order valence-corrected chi connectivity index (χ3v) is 2.16. The molecule has 0 aromatic heterocycles. The number of benzene rings is 1. The number of hydrogen-bond donors (Lipinski definition) is 1. The van der Waals surface area contributed by atoms with Gasteiger partial charge in [0.1, 0.15) is 0 Å². The third-order valence-electron chi connectivity index (χ3n) is 1.83. The SMILES string of the molecule is CC(=O)c1ccc(Cl)c(N)c1C(F)F. The average molecular weight is 220 g/mol. The van der Waals surface area contributed by atoms with Crippen molar-refractivity contribution in [1.29, 1.82) is 0 Å². The van der Waals surface area contributed by atoms with Gasteiger partial charge in [0.05, 0.1) is 16.3 Å². The molecule has 76 valence electrons. The fourth-order valence-corrected chi connectivity index (χ4v) is 1.32. The minimum absolute atomic E-state index is 0.0327. The van der Waals surface area contributed by atoms with E-state index in [2.05, 4.69) is 0 Å². The summed E-state index contributed by atoms with van der Waals surface area (Å²) in [5.41, 5.74) is 4.57. The highest BCUT2D eigenvalue weighted by atomic mass is 35.5. The molecule has 0 aliphatic rings. The van der Waals surface area contributed by atoms with Crippen molar-refractivity contribution in [3.8, 4) is 0 Å². The van der Waals surface area contributed by atoms with Crippen molar-refractivity contribution in [2.45, 2.75) is 13.3 Å². The Bertz CT molecular complexity index is 379. The Morgan fingerprint density at radius 2 is 2.07 bits per heavy atom. The first kappa shape index (κ1) is 10.9. The Balaban J connectivity index is 3.45. The smallest absolute Gasteiger partial charge is 0.266 e. The molecule has 0 radical (unpaired) electrons. The van der Waals surface area contributed by atoms with Gasteiger partial charge >= 0.3 is 0 Å². The van der Waals surface area contributed by atoms with Gasteiger partial charge in [-0.1, -0.05) is 11.6 Å². The normalized spacial score (nSPS) is 10.6. The van der Waals surface area contributed by atoms with Crippen molar-refractivity contribution in [2.24, 2.45) is 0 Å². The molecule has 0 saturated heterocycles. The number of nitrogens with two attached hydrogens (primary N) is 1. The van der Waals surface area contributed by atoms with E-state index in [9.17, 15) is 13.6 Å². The average Bonchev–Trinajstić information content (AvgIpc) is 2.08. The van der Waals surface area contributed by atoms with E-state index < -0.39 is 17.8 Å². The lowest BCUT2D eigenvalue weighted by atomic mass is 10.0. The quantitative estimate of drug-likeness (QED) is 0.614. The molecule has 1 aromatic carbocycles. The van der Waals surface area contributed by atoms with E-state index in [4.69, 9.17) is 17.3 Å². The molecule has 1 aromatic rings. The molecule has 0 heterocycles. The van der Waals surface area contributed by atoms with Crippen LogP contribution >= 0.6 is 11.6 Å². The maximum absolute atomic E-state index is 12.5. The zero-order chi connectivity index (χ0) is 10.9. The molecule has 0 amide bonds. The molecule has 2 N–H and O–H groups in total. The second-order valence-corrected chi connectivity index (χ2v) is 3.19. The number of carbonyl (C=O) groups excluding carboxylic acids is 1. The number of anilines is 1. The molecule has 0 unspecified atom stereocenters. The summed E-state index contributed by atoms with van der Waals surface area (Å²) in [6.07, 6.45) is -2.80. The number of hydrogen-bond acceptors (Lipinski definition) is 2. The van der Waals surface area contributed by atoms with Crippen molar-refractivity contribution < 1.29 is 13.6 Å². The molecule has 2 nitrogen and oxygen atoms in total. The highest BCUT2D eigenvalue weighted by Gasteiger charge is 2.20. The van der Waals surface area contributed by atoms with E-state index in [1.54, 1.807) is 0 Å². The summed E-state index contributed by atoms with van der Waals surface area (Å²) in [5, 5.41) is 0.0327. The fourth-order valence-electron chi connectivity index (χ4n) is 1.15. The molecule has 1 rings (SSSR count). The third kappa shape index (κ3) is 1.85. The Kier molecular flexibility index (Phi) is 3.06. The Morgan fingerprint density at radius 3 is 2.50 bits per heavy atom. The number of ketones is 1. The first-order valence-electron chi connectivity index (χ1n) is 3.82. The fraction of sp³-hybridized carbons (Fsp3) is 0.222. The lowest BCUT2D eigenvalue weighted by Gasteiger charge is -2.10. The zero-order valence-electron chi connectivity index (χ0n) is 7.35. The van der Waals surface area contributed by atoms with Gasteiger partial charge in [-0.2, -0.15) is 0 Å². The van der Waals surface area contributed by atoms with Crippen LogP contribution in [0.1, 0.15) is 29.3 Å². The summed E-state index contributed by atoms with van der Waals surface area (Å²) in [6.45, 7) is 1.20. The van der Waals surface area contributed by atoms with E-state index in [0.717, 1.165) is 0 Å². The van der Waals surface area contributed by atoms with E-state index in [1.807, 2.05) is 0 Å². The van der Waals surface area contributed by atoms with Gasteiger partial charge in [0.25, 0.3) is 6.43 Å². The minimum Gasteiger partial charge on any atom is -0.397 e. The van der Waals surface area contributed by atoms with Crippen LogP contribution in [0.2, 0.25) is 5.02 Å². The molecule has 0 saturated carbocycles. The second kappa shape index (κ2) is 3.92. The van der Waals surface area contributed by atoms with Crippen LogP contribution in [0, 0.1) is 0 Å². The minimum atomic E-state index is -2.80. The summed E-state index contributed by atoms with van der Waals surface area (Å²) >= 11 is 5.56. The number of rotatable bonds is 2. The van der Waals surface area contributed by atoms with Gasteiger partial charge < -0.3 is 5.73 Å². The first-order chi connectivity index (χ1) is 6.45. The van der Waals surface area contributed by atoms with Crippen molar-refractivity contribution in [3.63, 3.8) is 0 Å².